The van der Waals surface area contributed by atoms with Crippen molar-refractivity contribution in [3.05, 3.63) is 52.2 Å². The number of hydrogen-bond acceptors (Lipinski definition) is 4. The average molecular weight is 318 g/mol. The number of rotatable bonds is 6. The van der Waals surface area contributed by atoms with Gasteiger partial charge in [-0.2, -0.15) is 0 Å². The topological polar surface area (TPSA) is 67.4 Å². The first-order valence-electron chi connectivity index (χ1n) is 6.99. The van der Waals surface area contributed by atoms with E-state index in [-0.39, 0.29) is 0 Å². The molecule has 0 saturated carbocycles. The van der Waals surface area contributed by atoms with Crippen LogP contribution in [0.3, 0.4) is 0 Å². The van der Waals surface area contributed by atoms with Crippen LogP contribution in [0.4, 0.5) is 0 Å². The van der Waals surface area contributed by atoms with Gasteiger partial charge in [-0.1, -0.05) is 18.2 Å². The molecule has 0 radical (unpaired) electrons. The van der Waals surface area contributed by atoms with Gasteiger partial charge in [0.05, 0.1) is 13.2 Å². The molecule has 6 heteroatoms. The second kappa shape index (κ2) is 8.19. The van der Waals surface area contributed by atoms with Gasteiger partial charge in [-0.05, 0) is 36.1 Å². The highest BCUT2D eigenvalue weighted by atomic mass is 32.1. The summed E-state index contributed by atoms with van der Waals surface area (Å²) in [4.78, 5) is 24.4. The summed E-state index contributed by atoms with van der Waals surface area (Å²) in [7, 11) is 0. The minimum atomic E-state index is -0.634. The van der Waals surface area contributed by atoms with Crippen LogP contribution in [0.25, 0.3) is 0 Å². The molecule has 22 heavy (non-hydrogen) atoms. The number of ether oxygens (including phenoxy) is 1. The highest BCUT2D eigenvalue weighted by Crippen LogP contribution is 2.11. The molecule has 0 aliphatic carbocycles. The van der Waals surface area contributed by atoms with Gasteiger partial charge in [-0.15, -0.1) is 11.3 Å². The summed E-state index contributed by atoms with van der Waals surface area (Å²) in [5, 5.41) is 7.10. The van der Waals surface area contributed by atoms with Crippen LogP contribution in [0.15, 0.2) is 41.8 Å². The summed E-state index contributed by atoms with van der Waals surface area (Å²) in [5.41, 5.74) is 0.905. The summed E-state index contributed by atoms with van der Waals surface area (Å²) in [6, 6.07) is 11.2. The maximum Gasteiger partial charge on any atom is 0.309 e. The van der Waals surface area contributed by atoms with Crippen molar-refractivity contribution in [2.75, 3.05) is 6.61 Å². The lowest BCUT2D eigenvalue weighted by molar-refractivity contribution is -0.139. The molecular weight excluding hydrogens is 300 g/mol. The predicted molar refractivity (Wildman–Crippen MR) is 85.6 cm³/mol. The molecule has 5 nitrogen and oxygen atoms in total. The van der Waals surface area contributed by atoms with E-state index in [1.54, 1.807) is 0 Å². The van der Waals surface area contributed by atoms with Gasteiger partial charge in [-0.3, -0.25) is 9.59 Å². The third-order valence-corrected chi connectivity index (χ3v) is 3.77. The number of carbonyl (C=O) groups is 2. The third kappa shape index (κ3) is 4.89. The van der Waals surface area contributed by atoms with Crippen LogP contribution in [0.2, 0.25) is 0 Å². The van der Waals surface area contributed by atoms with E-state index in [1.165, 1.54) is 11.3 Å². The van der Waals surface area contributed by atoms with Crippen LogP contribution in [-0.4, -0.2) is 18.4 Å². The van der Waals surface area contributed by atoms with Crippen LogP contribution in [-0.2, 0) is 22.7 Å². The molecule has 0 atom stereocenters. The molecule has 2 aromatic rings. The zero-order chi connectivity index (χ0) is 15.8. The Morgan fingerprint density at radius 1 is 1.05 bits per heavy atom. The highest BCUT2D eigenvalue weighted by Gasteiger charge is 2.12. The fourth-order valence-electron chi connectivity index (χ4n) is 1.79. The Balaban J connectivity index is 1.75. The van der Waals surface area contributed by atoms with E-state index in [2.05, 4.69) is 10.6 Å². The molecule has 0 saturated heterocycles. The van der Waals surface area contributed by atoms with E-state index in [0.29, 0.717) is 19.7 Å². The molecule has 2 N–H and O–H groups in total. The molecule has 116 valence electrons. The molecule has 2 rings (SSSR count). The van der Waals surface area contributed by atoms with E-state index in [0.717, 1.165) is 16.2 Å². The lowest BCUT2D eigenvalue weighted by Crippen LogP contribution is -2.39. The summed E-state index contributed by atoms with van der Waals surface area (Å²) in [5.74, 6) is -0.476. The Labute approximate surface area is 133 Å². The lowest BCUT2D eigenvalue weighted by atomic mass is 10.2. The number of hydrogen-bond donors (Lipinski definition) is 2. The zero-order valence-corrected chi connectivity index (χ0v) is 13.1. The molecule has 0 aliphatic rings. The Kier molecular flexibility index (Phi) is 5.97. The van der Waals surface area contributed by atoms with Crippen molar-refractivity contribution in [3.63, 3.8) is 0 Å². The SMILES string of the molecule is CCOc1ccc(CNC(=O)C(=O)NCc2cccs2)cc1. The number of carbonyl (C=O) groups excluding carboxylic acids is 2. The van der Waals surface area contributed by atoms with Gasteiger partial charge in [-0.25, -0.2) is 0 Å². The van der Waals surface area contributed by atoms with E-state index in [9.17, 15) is 9.59 Å². The zero-order valence-electron chi connectivity index (χ0n) is 12.3. The maximum absolute atomic E-state index is 11.7. The van der Waals surface area contributed by atoms with Gasteiger partial charge in [0, 0.05) is 11.4 Å². The lowest BCUT2D eigenvalue weighted by Gasteiger charge is -2.07. The Bertz CT molecular complexity index is 609. The van der Waals surface area contributed by atoms with Crippen LogP contribution in [0, 0.1) is 0 Å². The van der Waals surface area contributed by atoms with Crippen molar-refractivity contribution in [1.82, 2.24) is 10.6 Å². The Hall–Kier alpha value is -2.34. The maximum atomic E-state index is 11.7. The molecule has 0 spiro atoms. The number of benzene rings is 1. The second-order valence-corrected chi connectivity index (χ2v) is 5.55. The molecule has 1 aromatic carbocycles. The monoisotopic (exact) mass is 318 g/mol. The molecule has 1 heterocycles. The number of thiophene rings is 1. The predicted octanol–water partition coefficient (Wildman–Crippen LogP) is 2.08. The molecular formula is C16H18N2O3S. The van der Waals surface area contributed by atoms with Gasteiger partial charge in [0.15, 0.2) is 0 Å². The van der Waals surface area contributed by atoms with Crippen molar-refractivity contribution in [2.45, 2.75) is 20.0 Å². The van der Waals surface area contributed by atoms with Crippen molar-refractivity contribution < 1.29 is 14.3 Å². The van der Waals surface area contributed by atoms with Gasteiger partial charge in [0.2, 0.25) is 0 Å². The molecule has 0 aliphatic heterocycles. The van der Waals surface area contributed by atoms with Crippen LogP contribution < -0.4 is 15.4 Å². The normalized spacial score (nSPS) is 10.0. The first kappa shape index (κ1) is 16.0. The molecule has 2 amide bonds. The van der Waals surface area contributed by atoms with Gasteiger partial charge >= 0.3 is 11.8 Å². The summed E-state index contributed by atoms with van der Waals surface area (Å²) in [6.07, 6.45) is 0. The van der Waals surface area contributed by atoms with Crippen molar-refractivity contribution in [2.24, 2.45) is 0 Å². The summed E-state index contributed by atoms with van der Waals surface area (Å²) < 4.78 is 5.34. The van der Waals surface area contributed by atoms with Crippen LogP contribution >= 0.6 is 11.3 Å². The smallest absolute Gasteiger partial charge is 0.309 e. The first-order valence-corrected chi connectivity index (χ1v) is 7.87. The molecule has 0 unspecified atom stereocenters. The minimum absolute atomic E-state index is 0.303. The van der Waals surface area contributed by atoms with Crippen LogP contribution in [0.1, 0.15) is 17.4 Å². The van der Waals surface area contributed by atoms with E-state index in [4.69, 9.17) is 4.74 Å². The fourth-order valence-corrected chi connectivity index (χ4v) is 2.44. The van der Waals surface area contributed by atoms with E-state index >= 15 is 0 Å². The highest BCUT2D eigenvalue weighted by molar-refractivity contribution is 7.09. The fraction of sp³-hybridized carbons (Fsp3) is 0.250. The van der Waals surface area contributed by atoms with Gasteiger partial charge < -0.3 is 15.4 Å². The average Bonchev–Trinajstić information content (AvgIpc) is 3.05. The number of nitrogens with one attached hydrogen (secondary N) is 2. The second-order valence-electron chi connectivity index (χ2n) is 4.52. The van der Waals surface area contributed by atoms with Gasteiger partial charge in [0.1, 0.15) is 5.75 Å². The summed E-state index contributed by atoms with van der Waals surface area (Å²) >= 11 is 1.53. The van der Waals surface area contributed by atoms with Crippen molar-refractivity contribution in [1.29, 1.82) is 0 Å². The third-order valence-electron chi connectivity index (χ3n) is 2.90. The van der Waals surface area contributed by atoms with E-state index in [1.807, 2.05) is 48.7 Å². The Morgan fingerprint density at radius 3 is 2.32 bits per heavy atom. The number of amides is 2. The quantitative estimate of drug-likeness (QED) is 0.801. The van der Waals surface area contributed by atoms with E-state index < -0.39 is 11.8 Å². The first-order chi connectivity index (χ1) is 10.7. The van der Waals surface area contributed by atoms with Crippen molar-refractivity contribution >= 4 is 23.2 Å². The molecule has 0 bridgehead atoms. The molecule has 1 aromatic heterocycles. The standard InChI is InChI=1S/C16H18N2O3S/c1-2-21-13-7-5-12(6-8-13)10-17-15(19)16(20)18-11-14-4-3-9-22-14/h3-9H,2,10-11H2,1H3,(H,17,19)(H,18,20). The van der Waals surface area contributed by atoms with Crippen LogP contribution in [0.5, 0.6) is 5.75 Å². The van der Waals surface area contributed by atoms with Crippen molar-refractivity contribution in [3.8, 4) is 5.75 Å². The largest absolute Gasteiger partial charge is 0.494 e. The summed E-state index contributed by atoms with van der Waals surface area (Å²) in [6.45, 7) is 3.20. The van der Waals surface area contributed by atoms with Gasteiger partial charge in [0.25, 0.3) is 0 Å². The Morgan fingerprint density at radius 2 is 1.73 bits per heavy atom. The molecule has 0 fully saturated rings. The minimum Gasteiger partial charge on any atom is -0.494 e.